The first kappa shape index (κ1) is 19.6. The van der Waals surface area contributed by atoms with Crippen LogP contribution in [0.1, 0.15) is 40.9 Å². The third-order valence-electron chi connectivity index (χ3n) is 5.09. The first-order chi connectivity index (χ1) is 13.5. The monoisotopic (exact) mass is 420 g/mol. The Morgan fingerprint density at radius 3 is 2.57 bits per heavy atom. The van der Waals surface area contributed by atoms with Crippen molar-refractivity contribution in [3.8, 4) is 0 Å². The van der Waals surface area contributed by atoms with Crippen LogP contribution in [0.2, 0.25) is 0 Å². The van der Waals surface area contributed by atoms with Gasteiger partial charge in [0.25, 0.3) is 5.91 Å². The lowest BCUT2D eigenvalue weighted by Crippen LogP contribution is -2.33. The summed E-state index contributed by atoms with van der Waals surface area (Å²) in [5, 5.41) is 2.01. The fourth-order valence-electron chi connectivity index (χ4n) is 3.36. The molecule has 1 unspecified atom stereocenters. The molecule has 150 valence electrons. The van der Waals surface area contributed by atoms with Gasteiger partial charge < -0.3 is 9.64 Å². The molecule has 1 amide bonds. The first-order valence-corrected chi connectivity index (χ1v) is 11.9. The lowest BCUT2D eigenvalue weighted by atomic mass is 10.2. The van der Waals surface area contributed by atoms with Gasteiger partial charge in [0.05, 0.1) is 17.5 Å². The van der Waals surface area contributed by atoms with Crippen molar-refractivity contribution in [1.82, 2.24) is 9.62 Å². The molecule has 0 bridgehead atoms. The Morgan fingerprint density at radius 1 is 1.18 bits per heavy atom. The predicted molar refractivity (Wildman–Crippen MR) is 108 cm³/mol. The van der Waals surface area contributed by atoms with Gasteiger partial charge >= 0.3 is 0 Å². The number of hydrogen-bond donors (Lipinski definition) is 1. The summed E-state index contributed by atoms with van der Waals surface area (Å²) in [6.07, 6.45) is 3.83. The van der Waals surface area contributed by atoms with Crippen LogP contribution < -0.4 is 4.72 Å². The van der Waals surface area contributed by atoms with Crippen molar-refractivity contribution >= 4 is 27.3 Å². The van der Waals surface area contributed by atoms with E-state index in [-0.39, 0.29) is 29.5 Å². The minimum absolute atomic E-state index is 0.0489. The lowest BCUT2D eigenvalue weighted by Gasteiger charge is -2.22. The second kappa shape index (κ2) is 8.32. The second-order valence-electron chi connectivity index (χ2n) is 7.25. The summed E-state index contributed by atoms with van der Waals surface area (Å²) < 4.78 is 33.0. The fourth-order valence-corrected chi connectivity index (χ4v) is 5.13. The molecule has 2 aliphatic rings. The number of thiophene rings is 1. The normalized spacial score (nSPS) is 19.6. The van der Waals surface area contributed by atoms with Crippen LogP contribution in [0, 0.1) is 0 Å². The molecule has 1 aliphatic carbocycles. The van der Waals surface area contributed by atoms with Gasteiger partial charge in [0.15, 0.2) is 0 Å². The molecule has 1 saturated heterocycles. The van der Waals surface area contributed by atoms with Gasteiger partial charge in [-0.3, -0.25) is 4.79 Å². The van der Waals surface area contributed by atoms with Crippen LogP contribution in [0.3, 0.4) is 0 Å². The van der Waals surface area contributed by atoms with E-state index in [2.05, 4.69) is 4.72 Å². The van der Waals surface area contributed by atoms with Gasteiger partial charge in [-0.1, -0.05) is 6.07 Å². The molecule has 0 radical (unpaired) electrons. The quantitative estimate of drug-likeness (QED) is 0.712. The Bertz CT molecular complexity index is 900. The summed E-state index contributed by atoms with van der Waals surface area (Å²) in [7, 11) is -3.61. The number of carbonyl (C=O) groups excluding carboxylic acids is 1. The smallest absolute Gasteiger partial charge is 0.254 e. The number of nitrogens with zero attached hydrogens (tertiary/aromatic N) is 1. The highest BCUT2D eigenvalue weighted by molar-refractivity contribution is 7.89. The van der Waals surface area contributed by atoms with Crippen molar-refractivity contribution in [3.63, 3.8) is 0 Å². The third kappa shape index (κ3) is 4.63. The number of amides is 1. The maximum absolute atomic E-state index is 13.0. The molecule has 2 heterocycles. The Labute approximate surface area is 169 Å². The highest BCUT2D eigenvalue weighted by Gasteiger charge is 2.33. The van der Waals surface area contributed by atoms with Crippen molar-refractivity contribution < 1.29 is 17.9 Å². The summed E-state index contributed by atoms with van der Waals surface area (Å²) in [6, 6.07) is 10.5. The van der Waals surface area contributed by atoms with Gasteiger partial charge in [-0.15, -0.1) is 11.3 Å². The van der Waals surface area contributed by atoms with Gasteiger partial charge in [-0.2, -0.15) is 0 Å². The number of benzene rings is 1. The van der Waals surface area contributed by atoms with Crippen LogP contribution in [0.5, 0.6) is 0 Å². The van der Waals surface area contributed by atoms with E-state index < -0.39 is 10.0 Å². The average Bonchev–Trinajstić information content (AvgIpc) is 3.18. The standard InChI is InChI=1S/C20H24N2O4S2/c23-20(22(16-7-8-16)14-18-4-2-12-27-18)15-5-9-19(10-6-15)28(24,25)21-13-17-3-1-11-26-17/h2,4-6,9-10,12,16-17,21H,1,3,7-8,11,13-14H2. The number of rotatable bonds is 8. The summed E-state index contributed by atoms with van der Waals surface area (Å²) >= 11 is 1.64. The van der Waals surface area contributed by atoms with Crippen molar-refractivity contribution in [2.24, 2.45) is 0 Å². The maximum atomic E-state index is 13.0. The van der Waals surface area contributed by atoms with Crippen molar-refractivity contribution in [2.45, 2.75) is 49.3 Å². The Hall–Kier alpha value is -1.74. The summed E-state index contributed by atoms with van der Waals surface area (Å²) in [4.78, 5) is 16.2. The number of hydrogen-bond acceptors (Lipinski definition) is 5. The van der Waals surface area contributed by atoms with E-state index in [4.69, 9.17) is 4.74 Å². The van der Waals surface area contributed by atoms with Crippen LogP contribution in [0.4, 0.5) is 0 Å². The topological polar surface area (TPSA) is 75.7 Å². The van der Waals surface area contributed by atoms with E-state index in [1.54, 1.807) is 23.5 Å². The van der Waals surface area contributed by atoms with Gasteiger partial charge in [0, 0.05) is 29.6 Å². The van der Waals surface area contributed by atoms with Gasteiger partial charge in [0.1, 0.15) is 0 Å². The van der Waals surface area contributed by atoms with E-state index in [1.165, 1.54) is 12.1 Å². The Morgan fingerprint density at radius 2 is 1.96 bits per heavy atom. The second-order valence-corrected chi connectivity index (χ2v) is 10.1. The third-order valence-corrected chi connectivity index (χ3v) is 7.39. The molecule has 4 rings (SSSR count). The SMILES string of the molecule is O=C(c1ccc(S(=O)(=O)NCC2CCCO2)cc1)N(Cc1cccs1)C1CC1. The van der Waals surface area contributed by atoms with E-state index in [1.807, 2.05) is 22.4 Å². The molecule has 1 saturated carbocycles. The number of sulfonamides is 1. The molecule has 1 aromatic carbocycles. The van der Waals surface area contributed by atoms with E-state index >= 15 is 0 Å². The Balaban J connectivity index is 1.43. The predicted octanol–water partition coefficient (Wildman–Crippen LogP) is 3.01. The summed E-state index contributed by atoms with van der Waals surface area (Å²) in [5.74, 6) is -0.0489. The van der Waals surface area contributed by atoms with Crippen LogP contribution in [-0.2, 0) is 21.3 Å². The minimum atomic E-state index is -3.61. The summed E-state index contributed by atoms with van der Waals surface area (Å²) in [6.45, 7) is 1.57. The molecule has 0 spiro atoms. The molecule has 2 fully saturated rings. The average molecular weight is 421 g/mol. The molecule has 1 aliphatic heterocycles. The maximum Gasteiger partial charge on any atom is 0.254 e. The molecule has 2 aromatic rings. The molecule has 1 atom stereocenters. The van der Waals surface area contributed by atoms with Crippen LogP contribution in [-0.4, -0.2) is 44.5 Å². The zero-order valence-electron chi connectivity index (χ0n) is 15.5. The highest BCUT2D eigenvalue weighted by Crippen LogP contribution is 2.30. The zero-order chi connectivity index (χ0) is 19.6. The molecule has 8 heteroatoms. The molecule has 1 N–H and O–H groups in total. The fraction of sp³-hybridized carbons (Fsp3) is 0.450. The number of carbonyl (C=O) groups is 1. The van der Waals surface area contributed by atoms with Crippen LogP contribution in [0.15, 0.2) is 46.7 Å². The van der Waals surface area contributed by atoms with Crippen molar-refractivity contribution in [1.29, 1.82) is 0 Å². The van der Waals surface area contributed by atoms with E-state index in [0.717, 1.165) is 30.6 Å². The first-order valence-electron chi connectivity index (χ1n) is 9.57. The van der Waals surface area contributed by atoms with Crippen molar-refractivity contribution in [3.05, 3.63) is 52.2 Å². The molecular weight excluding hydrogens is 396 g/mol. The number of ether oxygens (including phenoxy) is 1. The molecule has 1 aromatic heterocycles. The van der Waals surface area contributed by atoms with Crippen molar-refractivity contribution in [2.75, 3.05) is 13.2 Å². The minimum Gasteiger partial charge on any atom is -0.377 e. The lowest BCUT2D eigenvalue weighted by molar-refractivity contribution is 0.0731. The Kier molecular flexibility index (Phi) is 5.82. The zero-order valence-corrected chi connectivity index (χ0v) is 17.2. The van der Waals surface area contributed by atoms with Gasteiger partial charge in [0.2, 0.25) is 10.0 Å². The van der Waals surface area contributed by atoms with Gasteiger partial charge in [-0.25, -0.2) is 13.1 Å². The van der Waals surface area contributed by atoms with Crippen LogP contribution in [0.25, 0.3) is 0 Å². The summed E-state index contributed by atoms with van der Waals surface area (Å²) in [5.41, 5.74) is 0.515. The molecule has 28 heavy (non-hydrogen) atoms. The highest BCUT2D eigenvalue weighted by atomic mass is 32.2. The largest absolute Gasteiger partial charge is 0.377 e. The van der Waals surface area contributed by atoms with Gasteiger partial charge in [-0.05, 0) is 61.4 Å². The van der Waals surface area contributed by atoms with Crippen LogP contribution >= 0.6 is 11.3 Å². The number of nitrogens with one attached hydrogen (secondary N) is 1. The van der Waals surface area contributed by atoms with E-state index in [0.29, 0.717) is 18.7 Å². The molecule has 6 nitrogen and oxygen atoms in total. The van der Waals surface area contributed by atoms with E-state index in [9.17, 15) is 13.2 Å². The molecular formula is C20H24N2O4S2.